The molecule has 0 aliphatic heterocycles. The van der Waals surface area contributed by atoms with Gasteiger partial charge in [-0.15, -0.1) is 0 Å². The fraction of sp³-hybridized carbons (Fsp3) is 0. The van der Waals surface area contributed by atoms with E-state index in [1.54, 1.807) is 54.7 Å². The molecule has 0 bridgehead atoms. The van der Waals surface area contributed by atoms with Crippen molar-refractivity contribution >= 4 is 34.7 Å². The maximum absolute atomic E-state index is 8.91. The average Bonchev–Trinajstić information content (AvgIpc) is 2.63. The second-order valence-electron chi connectivity index (χ2n) is 5.01. The van der Waals surface area contributed by atoms with Crippen LogP contribution in [0.25, 0.3) is 0 Å². The largest absolute Gasteiger partial charge is 0.340 e. The Kier molecular flexibility index (Phi) is 4.75. The molecule has 120 valence electrons. The van der Waals surface area contributed by atoms with Crippen molar-refractivity contribution in [3.05, 3.63) is 70.9 Å². The highest BCUT2D eigenvalue weighted by molar-refractivity contribution is 6.32. The lowest BCUT2D eigenvalue weighted by atomic mass is 10.2. The fourth-order valence-corrected chi connectivity index (χ4v) is 2.30. The lowest BCUT2D eigenvalue weighted by Gasteiger charge is -2.09. The number of hydrogen-bond acceptors (Lipinski definition) is 6. The topological polar surface area (TPSA) is 97.4 Å². The van der Waals surface area contributed by atoms with Gasteiger partial charge in [-0.05, 0) is 48.5 Å². The van der Waals surface area contributed by atoms with E-state index >= 15 is 0 Å². The van der Waals surface area contributed by atoms with Crippen LogP contribution in [0.4, 0.5) is 23.1 Å². The second kappa shape index (κ2) is 7.31. The maximum Gasteiger partial charge on any atom is 0.229 e. The van der Waals surface area contributed by atoms with Crippen LogP contribution in [0.5, 0.6) is 0 Å². The zero-order chi connectivity index (χ0) is 17.6. The number of nitrogens with zero attached hydrogens (tertiary/aromatic N) is 4. The molecular weight excluding hydrogens is 336 g/mol. The maximum atomic E-state index is 8.91. The van der Waals surface area contributed by atoms with Gasteiger partial charge >= 0.3 is 0 Å². The molecule has 0 spiro atoms. The number of benzene rings is 2. The molecule has 7 heteroatoms. The monoisotopic (exact) mass is 346 g/mol. The SMILES string of the molecule is N#Cc1ccc(Nc2nccc(Nc3ccc(C#N)c(Cl)c3)n2)cc1. The van der Waals surface area contributed by atoms with E-state index in [1.807, 2.05) is 6.07 Å². The number of aromatic nitrogens is 2. The Morgan fingerprint density at radius 3 is 2.32 bits per heavy atom. The molecule has 6 nitrogen and oxygen atoms in total. The van der Waals surface area contributed by atoms with Crippen LogP contribution in [0.3, 0.4) is 0 Å². The average molecular weight is 347 g/mol. The Morgan fingerprint density at radius 2 is 1.64 bits per heavy atom. The van der Waals surface area contributed by atoms with Crippen LogP contribution >= 0.6 is 11.6 Å². The number of hydrogen-bond donors (Lipinski definition) is 2. The van der Waals surface area contributed by atoms with Crippen LogP contribution in [0.15, 0.2) is 54.7 Å². The van der Waals surface area contributed by atoms with Crippen LogP contribution in [-0.4, -0.2) is 9.97 Å². The minimum Gasteiger partial charge on any atom is -0.340 e. The Labute approximate surface area is 149 Å². The molecule has 3 rings (SSSR count). The third-order valence-corrected chi connectivity index (χ3v) is 3.60. The lowest BCUT2D eigenvalue weighted by molar-refractivity contribution is 1.17. The van der Waals surface area contributed by atoms with Crippen LogP contribution in [0.2, 0.25) is 5.02 Å². The molecule has 0 amide bonds. The van der Waals surface area contributed by atoms with Gasteiger partial charge in [-0.3, -0.25) is 0 Å². The quantitative estimate of drug-likeness (QED) is 0.728. The van der Waals surface area contributed by atoms with Crippen molar-refractivity contribution in [3.8, 4) is 12.1 Å². The van der Waals surface area contributed by atoms with Crippen LogP contribution in [-0.2, 0) is 0 Å². The molecule has 3 aromatic rings. The number of nitriles is 2. The van der Waals surface area contributed by atoms with Gasteiger partial charge in [-0.25, -0.2) is 4.98 Å². The molecule has 0 aliphatic carbocycles. The molecule has 0 saturated heterocycles. The standard InChI is InChI=1S/C18H11ClN6/c19-16-9-15(6-3-13(16)11-21)23-17-7-8-22-18(25-17)24-14-4-1-12(10-20)2-5-14/h1-9H,(H2,22,23,24,25). The van der Waals surface area contributed by atoms with E-state index in [0.717, 1.165) is 5.69 Å². The molecule has 1 heterocycles. The van der Waals surface area contributed by atoms with Crippen LogP contribution in [0.1, 0.15) is 11.1 Å². The summed E-state index contributed by atoms with van der Waals surface area (Å²) in [5.41, 5.74) is 2.49. The summed E-state index contributed by atoms with van der Waals surface area (Å²) in [5.74, 6) is 0.987. The van der Waals surface area contributed by atoms with Crippen LogP contribution in [0, 0.1) is 22.7 Å². The number of nitrogens with one attached hydrogen (secondary N) is 2. The summed E-state index contributed by atoms with van der Waals surface area (Å²) < 4.78 is 0. The van der Waals surface area contributed by atoms with Crippen LogP contribution < -0.4 is 10.6 Å². The van der Waals surface area contributed by atoms with Gasteiger partial charge < -0.3 is 10.6 Å². The third kappa shape index (κ3) is 4.03. The molecule has 0 saturated carbocycles. The Hall–Kier alpha value is -3.61. The van der Waals surface area contributed by atoms with Gasteiger partial charge in [0.2, 0.25) is 5.95 Å². The van der Waals surface area contributed by atoms with Crippen molar-refractivity contribution in [1.29, 1.82) is 10.5 Å². The highest BCUT2D eigenvalue weighted by Gasteiger charge is 2.04. The third-order valence-electron chi connectivity index (χ3n) is 3.29. The molecule has 2 aromatic carbocycles. The Morgan fingerprint density at radius 1 is 0.880 bits per heavy atom. The first-order chi connectivity index (χ1) is 12.2. The normalized spacial score (nSPS) is 9.72. The first-order valence-corrected chi connectivity index (χ1v) is 7.62. The van der Waals surface area contributed by atoms with E-state index in [9.17, 15) is 0 Å². The highest BCUT2D eigenvalue weighted by Crippen LogP contribution is 2.23. The summed E-state index contributed by atoms with van der Waals surface area (Å²) in [5, 5.41) is 24.3. The predicted octanol–water partition coefficient (Wildman–Crippen LogP) is 4.36. The summed E-state index contributed by atoms with van der Waals surface area (Å²) in [7, 11) is 0. The summed E-state index contributed by atoms with van der Waals surface area (Å²) in [6.45, 7) is 0. The molecule has 25 heavy (non-hydrogen) atoms. The van der Waals surface area contributed by atoms with E-state index in [-0.39, 0.29) is 0 Å². The highest BCUT2D eigenvalue weighted by atomic mass is 35.5. The predicted molar refractivity (Wildman–Crippen MR) is 95.9 cm³/mol. The zero-order valence-electron chi connectivity index (χ0n) is 12.9. The van der Waals surface area contributed by atoms with E-state index in [4.69, 9.17) is 22.1 Å². The van der Waals surface area contributed by atoms with Gasteiger partial charge in [0.05, 0.1) is 22.2 Å². The first kappa shape index (κ1) is 16.3. The number of rotatable bonds is 4. The van der Waals surface area contributed by atoms with Gasteiger partial charge in [0.15, 0.2) is 0 Å². The molecule has 0 fully saturated rings. The fourth-order valence-electron chi connectivity index (χ4n) is 2.08. The zero-order valence-corrected chi connectivity index (χ0v) is 13.6. The van der Waals surface area contributed by atoms with Crippen molar-refractivity contribution in [3.63, 3.8) is 0 Å². The molecule has 0 atom stereocenters. The summed E-state index contributed by atoms with van der Waals surface area (Å²) in [6, 6.07) is 17.8. The summed E-state index contributed by atoms with van der Waals surface area (Å²) >= 11 is 6.03. The molecule has 2 N–H and O–H groups in total. The van der Waals surface area contributed by atoms with E-state index in [2.05, 4.69) is 26.7 Å². The van der Waals surface area contributed by atoms with E-state index < -0.39 is 0 Å². The number of anilines is 4. The van der Waals surface area contributed by atoms with Crippen molar-refractivity contribution in [2.24, 2.45) is 0 Å². The summed E-state index contributed by atoms with van der Waals surface area (Å²) in [4.78, 5) is 8.54. The second-order valence-corrected chi connectivity index (χ2v) is 5.42. The van der Waals surface area contributed by atoms with Crippen molar-refractivity contribution in [2.45, 2.75) is 0 Å². The van der Waals surface area contributed by atoms with Gasteiger partial charge in [0.1, 0.15) is 11.9 Å². The first-order valence-electron chi connectivity index (χ1n) is 7.25. The van der Waals surface area contributed by atoms with Gasteiger partial charge in [0.25, 0.3) is 0 Å². The lowest BCUT2D eigenvalue weighted by Crippen LogP contribution is -2.00. The molecule has 0 radical (unpaired) electrons. The Balaban J connectivity index is 1.76. The molecule has 0 aliphatic rings. The smallest absolute Gasteiger partial charge is 0.229 e. The molecule has 1 aromatic heterocycles. The van der Waals surface area contributed by atoms with E-state index in [1.165, 1.54) is 0 Å². The van der Waals surface area contributed by atoms with Crippen molar-refractivity contribution in [2.75, 3.05) is 10.6 Å². The van der Waals surface area contributed by atoms with Crippen molar-refractivity contribution in [1.82, 2.24) is 9.97 Å². The minimum atomic E-state index is 0.373. The van der Waals surface area contributed by atoms with Gasteiger partial charge in [0, 0.05) is 17.6 Å². The van der Waals surface area contributed by atoms with Gasteiger partial charge in [-0.2, -0.15) is 15.5 Å². The van der Waals surface area contributed by atoms with E-state index in [0.29, 0.717) is 33.6 Å². The molecule has 0 unspecified atom stereocenters. The van der Waals surface area contributed by atoms with Gasteiger partial charge in [-0.1, -0.05) is 11.6 Å². The Bertz CT molecular complexity index is 986. The summed E-state index contributed by atoms with van der Waals surface area (Å²) in [6.07, 6.45) is 1.62. The molecular formula is C18H11ClN6. The number of halogens is 1. The minimum absolute atomic E-state index is 0.373. The van der Waals surface area contributed by atoms with Crippen molar-refractivity contribution < 1.29 is 0 Å².